The summed E-state index contributed by atoms with van der Waals surface area (Å²) < 4.78 is 11.4. The molecular formula is C14H22N4O2S. The maximum Gasteiger partial charge on any atom is 0.274 e. The van der Waals surface area contributed by atoms with E-state index in [1.807, 2.05) is 20.8 Å². The molecule has 0 unspecified atom stereocenters. The molecule has 1 fully saturated rings. The third-order valence-electron chi connectivity index (χ3n) is 3.36. The summed E-state index contributed by atoms with van der Waals surface area (Å²) in [5.74, 6) is 1.82. The fourth-order valence-electron chi connectivity index (χ4n) is 2.15. The Morgan fingerprint density at radius 1 is 1.43 bits per heavy atom. The molecule has 116 valence electrons. The Bertz CT molecular complexity index is 538. The van der Waals surface area contributed by atoms with Gasteiger partial charge in [-0.3, -0.25) is 9.00 Å². The number of hydrogen-bond acceptors (Lipinski definition) is 5. The van der Waals surface area contributed by atoms with Crippen molar-refractivity contribution in [1.29, 1.82) is 0 Å². The molecule has 0 spiro atoms. The van der Waals surface area contributed by atoms with Crippen molar-refractivity contribution >= 4 is 22.4 Å². The van der Waals surface area contributed by atoms with Crippen LogP contribution in [0.2, 0.25) is 0 Å². The van der Waals surface area contributed by atoms with Crippen LogP contribution in [0.3, 0.4) is 0 Å². The molecule has 1 aliphatic rings. The monoisotopic (exact) mass is 310 g/mol. The Hall–Kier alpha value is -1.50. The van der Waals surface area contributed by atoms with Crippen LogP contribution >= 0.6 is 0 Å². The molecule has 1 amide bonds. The van der Waals surface area contributed by atoms with Gasteiger partial charge in [0.2, 0.25) is 0 Å². The molecule has 2 heterocycles. The normalized spacial score (nSPS) is 16.3. The Labute approximate surface area is 127 Å². The molecular weight excluding hydrogens is 288 g/mol. The SMILES string of the molecule is CCNc1cnc(C(C)C)nc1C(=O)N1CCS(=O)CC1. The number of amides is 1. The second-order valence-electron chi connectivity index (χ2n) is 5.32. The van der Waals surface area contributed by atoms with Crippen LogP contribution in [-0.4, -0.2) is 56.1 Å². The lowest BCUT2D eigenvalue weighted by molar-refractivity contribution is 0.0766. The van der Waals surface area contributed by atoms with E-state index in [0.717, 1.165) is 0 Å². The summed E-state index contributed by atoms with van der Waals surface area (Å²) in [5, 5.41) is 3.14. The van der Waals surface area contributed by atoms with Crippen molar-refractivity contribution in [2.24, 2.45) is 0 Å². The number of hydrogen-bond donors (Lipinski definition) is 1. The van der Waals surface area contributed by atoms with E-state index in [0.29, 0.717) is 48.3 Å². The van der Waals surface area contributed by atoms with E-state index in [1.54, 1.807) is 11.1 Å². The highest BCUT2D eigenvalue weighted by Crippen LogP contribution is 2.18. The summed E-state index contributed by atoms with van der Waals surface area (Å²) in [6.45, 7) is 7.72. The van der Waals surface area contributed by atoms with Gasteiger partial charge in [0.25, 0.3) is 5.91 Å². The van der Waals surface area contributed by atoms with E-state index in [4.69, 9.17) is 0 Å². The predicted molar refractivity (Wildman–Crippen MR) is 84.1 cm³/mol. The molecule has 0 atom stereocenters. The number of rotatable bonds is 4. The fraction of sp³-hybridized carbons (Fsp3) is 0.643. The van der Waals surface area contributed by atoms with Gasteiger partial charge >= 0.3 is 0 Å². The number of nitrogens with zero attached hydrogens (tertiary/aromatic N) is 3. The third kappa shape index (κ3) is 3.78. The average molecular weight is 310 g/mol. The van der Waals surface area contributed by atoms with Gasteiger partial charge in [0, 0.05) is 47.9 Å². The molecule has 1 aromatic rings. The minimum Gasteiger partial charge on any atom is -0.382 e. The van der Waals surface area contributed by atoms with E-state index >= 15 is 0 Å². The molecule has 21 heavy (non-hydrogen) atoms. The molecule has 1 N–H and O–H groups in total. The maximum atomic E-state index is 12.7. The van der Waals surface area contributed by atoms with Crippen LogP contribution in [-0.2, 0) is 10.8 Å². The van der Waals surface area contributed by atoms with E-state index in [1.165, 1.54) is 0 Å². The molecule has 6 nitrogen and oxygen atoms in total. The first-order valence-corrected chi connectivity index (χ1v) is 8.76. The fourth-order valence-corrected chi connectivity index (χ4v) is 3.20. The van der Waals surface area contributed by atoms with Gasteiger partial charge in [0.1, 0.15) is 5.82 Å². The molecule has 1 aromatic heterocycles. The molecule has 2 rings (SSSR count). The summed E-state index contributed by atoms with van der Waals surface area (Å²) in [6.07, 6.45) is 1.68. The molecule has 0 bridgehead atoms. The van der Waals surface area contributed by atoms with Gasteiger partial charge < -0.3 is 10.2 Å². The van der Waals surface area contributed by atoms with Crippen molar-refractivity contribution in [3.63, 3.8) is 0 Å². The lowest BCUT2D eigenvalue weighted by Gasteiger charge is -2.26. The summed E-state index contributed by atoms with van der Waals surface area (Å²) in [6, 6.07) is 0. The summed E-state index contributed by atoms with van der Waals surface area (Å²) >= 11 is 0. The third-order valence-corrected chi connectivity index (χ3v) is 4.63. The predicted octanol–water partition coefficient (Wildman–Crippen LogP) is 1.24. The van der Waals surface area contributed by atoms with Crippen molar-refractivity contribution in [2.45, 2.75) is 26.7 Å². The van der Waals surface area contributed by atoms with Crippen molar-refractivity contribution in [1.82, 2.24) is 14.9 Å². The molecule has 1 saturated heterocycles. The van der Waals surface area contributed by atoms with Gasteiger partial charge in [-0.05, 0) is 6.92 Å². The van der Waals surface area contributed by atoms with Crippen molar-refractivity contribution in [3.05, 3.63) is 17.7 Å². The highest BCUT2D eigenvalue weighted by atomic mass is 32.2. The van der Waals surface area contributed by atoms with Gasteiger partial charge in [-0.1, -0.05) is 13.8 Å². The smallest absolute Gasteiger partial charge is 0.274 e. The van der Waals surface area contributed by atoms with Crippen molar-refractivity contribution in [3.8, 4) is 0 Å². The lowest BCUT2D eigenvalue weighted by atomic mass is 10.2. The first-order chi connectivity index (χ1) is 10.0. The Kier molecular flexibility index (Phi) is 5.27. The largest absolute Gasteiger partial charge is 0.382 e. The minimum absolute atomic E-state index is 0.105. The van der Waals surface area contributed by atoms with Gasteiger partial charge in [-0.15, -0.1) is 0 Å². The minimum atomic E-state index is -0.797. The summed E-state index contributed by atoms with van der Waals surface area (Å²) in [5.41, 5.74) is 1.09. The number of carbonyl (C=O) groups is 1. The molecule has 0 saturated carbocycles. The first-order valence-electron chi connectivity index (χ1n) is 7.28. The topological polar surface area (TPSA) is 75.2 Å². The summed E-state index contributed by atoms with van der Waals surface area (Å²) in [4.78, 5) is 23.2. The molecule has 1 aliphatic heterocycles. The number of nitrogens with one attached hydrogen (secondary N) is 1. The van der Waals surface area contributed by atoms with Crippen LogP contribution in [0.4, 0.5) is 5.69 Å². The van der Waals surface area contributed by atoms with Crippen molar-refractivity contribution < 1.29 is 9.00 Å². The molecule has 0 aromatic carbocycles. The van der Waals surface area contributed by atoms with Crippen LogP contribution in [0.25, 0.3) is 0 Å². The Morgan fingerprint density at radius 3 is 2.67 bits per heavy atom. The van der Waals surface area contributed by atoms with Gasteiger partial charge in [0.05, 0.1) is 11.9 Å². The van der Waals surface area contributed by atoms with E-state index in [-0.39, 0.29) is 11.8 Å². The quantitative estimate of drug-likeness (QED) is 0.905. The zero-order valence-corrected chi connectivity index (χ0v) is 13.6. The standard InChI is InChI=1S/C14H22N4O2S/c1-4-15-11-9-16-13(10(2)3)17-12(11)14(19)18-5-7-21(20)8-6-18/h9-10,15H,4-8H2,1-3H3. The lowest BCUT2D eigenvalue weighted by Crippen LogP contribution is -2.42. The first kappa shape index (κ1) is 15.9. The highest BCUT2D eigenvalue weighted by molar-refractivity contribution is 7.85. The van der Waals surface area contributed by atoms with Crippen LogP contribution in [0.15, 0.2) is 6.20 Å². The highest BCUT2D eigenvalue weighted by Gasteiger charge is 2.25. The van der Waals surface area contributed by atoms with E-state index in [2.05, 4.69) is 15.3 Å². The van der Waals surface area contributed by atoms with E-state index in [9.17, 15) is 9.00 Å². The van der Waals surface area contributed by atoms with Gasteiger partial charge in [0.15, 0.2) is 5.69 Å². The van der Waals surface area contributed by atoms with Crippen LogP contribution in [0.1, 0.15) is 43.0 Å². The Morgan fingerprint density at radius 2 is 2.10 bits per heavy atom. The second-order valence-corrected chi connectivity index (χ2v) is 7.01. The van der Waals surface area contributed by atoms with Crippen LogP contribution in [0.5, 0.6) is 0 Å². The van der Waals surface area contributed by atoms with E-state index < -0.39 is 10.8 Å². The molecule has 7 heteroatoms. The number of carbonyl (C=O) groups excluding carboxylic acids is 1. The van der Waals surface area contributed by atoms with Crippen LogP contribution < -0.4 is 5.32 Å². The second kappa shape index (κ2) is 6.98. The van der Waals surface area contributed by atoms with Gasteiger partial charge in [-0.25, -0.2) is 9.97 Å². The van der Waals surface area contributed by atoms with Gasteiger partial charge in [-0.2, -0.15) is 0 Å². The van der Waals surface area contributed by atoms with Crippen LogP contribution in [0, 0.1) is 0 Å². The Balaban J connectivity index is 2.28. The maximum absolute atomic E-state index is 12.7. The number of anilines is 1. The zero-order valence-electron chi connectivity index (χ0n) is 12.8. The molecule has 0 aliphatic carbocycles. The number of aromatic nitrogens is 2. The molecule has 0 radical (unpaired) electrons. The summed E-state index contributed by atoms with van der Waals surface area (Å²) in [7, 11) is -0.797. The van der Waals surface area contributed by atoms with Crippen molar-refractivity contribution in [2.75, 3.05) is 36.5 Å². The average Bonchev–Trinajstić information content (AvgIpc) is 2.48. The zero-order chi connectivity index (χ0) is 15.4.